The quantitative estimate of drug-likeness (QED) is 0.500. The molecule has 0 spiro atoms. The van der Waals surface area contributed by atoms with Gasteiger partial charge in [0.05, 0.1) is 22.4 Å². The molecule has 2 fully saturated rings. The summed E-state index contributed by atoms with van der Waals surface area (Å²) in [6.07, 6.45) is 5.97. The SMILES string of the molecule is CCOC(=O)N1CCC(n2c(=O)c3cc([N+](=O)[O-])ccc3n(CC3CCCCC3)c2=O)CC1. The van der Waals surface area contributed by atoms with Gasteiger partial charge in [-0.25, -0.2) is 9.59 Å². The number of fused-ring (bicyclic) bond motifs is 1. The summed E-state index contributed by atoms with van der Waals surface area (Å²) in [6.45, 7) is 3.28. The van der Waals surface area contributed by atoms with Crippen LogP contribution in [0.4, 0.5) is 10.5 Å². The second kappa shape index (κ2) is 9.76. The van der Waals surface area contributed by atoms with E-state index >= 15 is 0 Å². The Morgan fingerprint density at radius 2 is 1.82 bits per heavy atom. The molecule has 2 heterocycles. The van der Waals surface area contributed by atoms with Crippen LogP contribution < -0.4 is 11.2 Å². The molecule has 1 aromatic heterocycles. The zero-order valence-electron chi connectivity index (χ0n) is 18.9. The molecule has 2 aliphatic rings. The van der Waals surface area contributed by atoms with Crippen LogP contribution in [0, 0.1) is 16.0 Å². The van der Waals surface area contributed by atoms with Crippen molar-refractivity contribution >= 4 is 22.7 Å². The van der Waals surface area contributed by atoms with E-state index in [1.54, 1.807) is 16.4 Å². The summed E-state index contributed by atoms with van der Waals surface area (Å²) in [5.74, 6) is 0.339. The molecule has 0 bridgehead atoms. The molecule has 1 saturated heterocycles. The summed E-state index contributed by atoms with van der Waals surface area (Å²) >= 11 is 0. The van der Waals surface area contributed by atoms with Gasteiger partial charge in [0.15, 0.2) is 0 Å². The highest BCUT2D eigenvalue weighted by Crippen LogP contribution is 2.27. The van der Waals surface area contributed by atoms with Crippen molar-refractivity contribution in [1.82, 2.24) is 14.0 Å². The van der Waals surface area contributed by atoms with Gasteiger partial charge in [0.1, 0.15) is 0 Å². The number of benzene rings is 1. The number of carbonyl (C=O) groups is 1. The molecular weight excluding hydrogens is 428 g/mol. The minimum Gasteiger partial charge on any atom is -0.450 e. The lowest BCUT2D eigenvalue weighted by Crippen LogP contribution is -2.47. The van der Waals surface area contributed by atoms with Crippen LogP contribution in [0.25, 0.3) is 10.9 Å². The van der Waals surface area contributed by atoms with Gasteiger partial charge in [-0.3, -0.25) is 24.0 Å². The molecule has 0 atom stereocenters. The Bertz CT molecular complexity index is 1160. The maximum Gasteiger partial charge on any atom is 0.409 e. The smallest absolute Gasteiger partial charge is 0.409 e. The Kier molecular flexibility index (Phi) is 6.80. The van der Waals surface area contributed by atoms with E-state index in [0.717, 1.165) is 25.7 Å². The van der Waals surface area contributed by atoms with Crippen molar-refractivity contribution in [1.29, 1.82) is 0 Å². The summed E-state index contributed by atoms with van der Waals surface area (Å²) in [7, 11) is 0. The molecule has 1 aliphatic heterocycles. The Morgan fingerprint density at radius 1 is 1.12 bits per heavy atom. The molecule has 1 amide bonds. The van der Waals surface area contributed by atoms with E-state index in [2.05, 4.69) is 0 Å². The van der Waals surface area contributed by atoms with Gasteiger partial charge in [-0.05, 0) is 44.6 Å². The number of carbonyl (C=O) groups excluding carboxylic acids is 1. The van der Waals surface area contributed by atoms with Crippen LogP contribution in [0.15, 0.2) is 27.8 Å². The molecule has 0 radical (unpaired) electrons. The number of rotatable bonds is 5. The number of aromatic nitrogens is 2. The number of amides is 1. The highest BCUT2D eigenvalue weighted by molar-refractivity contribution is 5.80. The third kappa shape index (κ3) is 4.65. The van der Waals surface area contributed by atoms with Crippen LogP contribution in [0.5, 0.6) is 0 Å². The van der Waals surface area contributed by atoms with Gasteiger partial charge in [0, 0.05) is 37.8 Å². The van der Waals surface area contributed by atoms with Crippen LogP contribution in [-0.4, -0.2) is 44.7 Å². The first-order chi connectivity index (χ1) is 15.9. The molecule has 10 heteroatoms. The topological polar surface area (TPSA) is 117 Å². The van der Waals surface area contributed by atoms with Crippen LogP contribution in [0.2, 0.25) is 0 Å². The fourth-order valence-corrected chi connectivity index (χ4v) is 5.14. The Morgan fingerprint density at radius 3 is 2.45 bits per heavy atom. The first-order valence-corrected chi connectivity index (χ1v) is 11.8. The molecule has 178 valence electrons. The number of nitro benzene ring substituents is 1. The van der Waals surface area contributed by atoms with Gasteiger partial charge in [-0.1, -0.05) is 19.3 Å². The first kappa shape index (κ1) is 23.0. The van der Waals surface area contributed by atoms with Crippen LogP contribution in [0.3, 0.4) is 0 Å². The van der Waals surface area contributed by atoms with Crippen molar-refractivity contribution in [2.75, 3.05) is 19.7 Å². The summed E-state index contributed by atoms with van der Waals surface area (Å²) in [4.78, 5) is 51.4. The van der Waals surface area contributed by atoms with Crippen molar-refractivity contribution in [2.45, 2.75) is 64.5 Å². The molecule has 33 heavy (non-hydrogen) atoms. The van der Waals surface area contributed by atoms with Crippen molar-refractivity contribution in [3.8, 4) is 0 Å². The second-order valence-corrected chi connectivity index (χ2v) is 8.95. The average molecular weight is 459 g/mol. The number of piperidine rings is 1. The molecule has 0 unspecified atom stereocenters. The lowest BCUT2D eigenvalue weighted by molar-refractivity contribution is -0.384. The maximum atomic E-state index is 13.6. The Balaban J connectivity index is 1.75. The Labute approximate surface area is 190 Å². The molecule has 10 nitrogen and oxygen atoms in total. The van der Waals surface area contributed by atoms with Crippen LogP contribution >= 0.6 is 0 Å². The van der Waals surface area contributed by atoms with E-state index in [4.69, 9.17) is 4.74 Å². The second-order valence-electron chi connectivity index (χ2n) is 8.95. The molecule has 1 aromatic carbocycles. The van der Waals surface area contributed by atoms with Gasteiger partial charge < -0.3 is 9.64 Å². The highest BCUT2D eigenvalue weighted by atomic mass is 16.6. The van der Waals surface area contributed by atoms with E-state index in [1.165, 1.54) is 29.2 Å². The third-order valence-corrected chi connectivity index (χ3v) is 6.89. The van der Waals surface area contributed by atoms with E-state index in [1.807, 2.05) is 0 Å². The number of hydrogen-bond donors (Lipinski definition) is 0. The fraction of sp³-hybridized carbons (Fsp3) is 0.609. The Hall–Kier alpha value is -3.17. The predicted octanol–water partition coefficient (Wildman–Crippen LogP) is 3.45. The third-order valence-electron chi connectivity index (χ3n) is 6.89. The van der Waals surface area contributed by atoms with Crippen molar-refractivity contribution < 1.29 is 14.5 Å². The average Bonchev–Trinajstić information content (AvgIpc) is 2.82. The lowest BCUT2D eigenvalue weighted by atomic mass is 9.89. The lowest BCUT2D eigenvalue weighted by Gasteiger charge is -2.32. The molecule has 4 rings (SSSR count). The zero-order chi connectivity index (χ0) is 23.5. The van der Waals surface area contributed by atoms with Gasteiger partial charge in [0.2, 0.25) is 0 Å². The van der Waals surface area contributed by atoms with Crippen molar-refractivity contribution in [2.24, 2.45) is 5.92 Å². The minimum absolute atomic E-state index is 0.175. The monoisotopic (exact) mass is 458 g/mol. The van der Waals surface area contributed by atoms with Gasteiger partial charge in [-0.2, -0.15) is 0 Å². The number of non-ortho nitro benzene ring substituents is 1. The summed E-state index contributed by atoms with van der Waals surface area (Å²) < 4.78 is 7.95. The molecule has 2 aromatic rings. The summed E-state index contributed by atoms with van der Waals surface area (Å²) in [5.41, 5.74) is -0.609. The zero-order valence-corrected chi connectivity index (χ0v) is 18.9. The van der Waals surface area contributed by atoms with Gasteiger partial charge >= 0.3 is 11.8 Å². The summed E-state index contributed by atoms with van der Waals surface area (Å²) in [6, 6.07) is 3.77. The molecule has 0 N–H and O–H groups in total. The number of ether oxygens (including phenoxy) is 1. The number of nitrogens with zero attached hydrogens (tertiary/aromatic N) is 4. The molecular formula is C23H30N4O6. The van der Waals surface area contributed by atoms with E-state index < -0.39 is 16.6 Å². The number of likely N-dealkylation sites (tertiary alicyclic amines) is 1. The van der Waals surface area contributed by atoms with Crippen LogP contribution in [0.1, 0.15) is 57.9 Å². The number of hydrogen-bond acceptors (Lipinski definition) is 6. The van der Waals surface area contributed by atoms with Crippen LogP contribution in [-0.2, 0) is 11.3 Å². The highest BCUT2D eigenvalue weighted by Gasteiger charge is 2.29. The van der Waals surface area contributed by atoms with Gasteiger partial charge in [-0.15, -0.1) is 0 Å². The molecule has 1 saturated carbocycles. The largest absolute Gasteiger partial charge is 0.450 e. The van der Waals surface area contributed by atoms with Gasteiger partial charge in [0.25, 0.3) is 11.2 Å². The predicted molar refractivity (Wildman–Crippen MR) is 123 cm³/mol. The normalized spacial score (nSPS) is 17.9. The number of nitro groups is 1. The molecule has 1 aliphatic carbocycles. The summed E-state index contributed by atoms with van der Waals surface area (Å²) in [5, 5.41) is 11.5. The van der Waals surface area contributed by atoms with E-state index in [9.17, 15) is 24.5 Å². The van der Waals surface area contributed by atoms with E-state index in [-0.39, 0.29) is 29.4 Å². The van der Waals surface area contributed by atoms with Crippen molar-refractivity contribution in [3.63, 3.8) is 0 Å². The van der Waals surface area contributed by atoms with Crippen molar-refractivity contribution in [3.05, 3.63) is 49.2 Å². The fourth-order valence-electron chi connectivity index (χ4n) is 5.14. The minimum atomic E-state index is -0.530. The first-order valence-electron chi connectivity index (χ1n) is 11.8. The standard InChI is InChI=1S/C23H30N4O6/c1-2-33-23(30)24-12-10-17(11-13-24)26-21(28)19-14-18(27(31)32)8-9-20(19)25(22(26)29)15-16-6-4-3-5-7-16/h8-9,14,16-17H,2-7,10-13,15H2,1H3. The van der Waals surface area contributed by atoms with E-state index in [0.29, 0.717) is 43.9 Å². The maximum absolute atomic E-state index is 13.6.